The number of hydrogen-bond acceptors (Lipinski definition) is 7. The molecule has 10 heteroatoms. The second-order valence-electron chi connectivity index (χ2n) is 3.34. The predicted molar refractivity (Wildman–Crippen MR) is 65.2 cm³/mol. The Hall–Kier alpha value is -1.78. The highest BCUT2D eigenvalue weighted by atomic mass is 32.3. The fourth-order valence-electron chi connectivity index (χ4n) is 1.01. The van der Waals surface area contributed by atoms with Crippen molar-refractivity contribution < 1.29 is 26.4 Å². The number of sulfonamides is 2. The van der Waals surface area contributed by atoms with E-state index in [1.165, 1.54) is 4.13 Å². The molecule has 0 bridgehead atoms. The van der Waals surface area contributed by atoms with Crippen LogP contribution in [0.3, 0.4) is 0 Å². The van der Waals surface area contributed by atoms with E-state index >= 15 is 0 Å². The summed E-state index contributed by atoms with van der Waals surface area (Å²) in [6.07, 6.45) is 3.59. The molecule has 1 aromatic heterocycles. The Morgan fingerprint density at radius 1 is 1.37 bits per heavy atom. The number of rotatable bonds is 5. The van der Waals surface area contributed by atoms with Crippen LogP contribution in [0, 0.1) is 0 Å². The van der Waals surface area contributed by atoms with Crippen LogP contribution in [0.25, 0.3) is 0 Å². The molecule has 0 atom stereocenters. The maximum atomic E-state index is 11.7. The van der Waals surface area contributed by atoms with Crippen molar-refractivity contribution in [2.45, 2.75) is 4.90 Å². The molecule has 1 N–H and O–H groups in total. The van der Waals surface area contributed by atoms with E-state index in [0.717, 1.165) is 24.5 Å². The number of nitrogens with one attached hydrogen (secondary N) is 1. The summed E-state index contributed by atoms with van der Waals surface area (Å²) in [5.41, 5.74) is 0. The molecule has 0 radical (unpaired) electrons. The van der Waals surface area contributed by atoms with Gasteiger partial charge in [-0.15, -0.1) is 4.13 Å². The second-order valence-corrected chi connectivity index (χ2v) is 7.03. The van der Waals surface area contributed by atoms with Crippen LogP contribution in [0.15, 0.2) is 36.0 Å². The number of nitrogens with zero attached hydrogens (tertiary/aromatic N) is 1. The molecule has 0 saturated carbocycles. The summed E-state index contributed by atoms with van der Waals surface area (Å²) in [7, 11) is -8.26. The smallest absolute Gasteiger partial charge is 0.335 e. The van der Waals surface area contributed by atoms with Gasteiger partial charge in [0.1, 0.15) is 4.90 Å². The number of esters is 1. The Balaban J connectivity index is 3.12. The van der Waals surface area contributed by atoms with Gasteiger partial charge in [0, 0.05) is 18.3 Å². The zero-order valence-electron chi connectivity index (χ0n) is 9.73. The van der Waals surface area contributed by atoms with Crippen molar-refractivity contribution >= 4 is 26.0 Å². The molecule has 0 amide bonds. The molecule has 0 unspecified atom stereocenters. The monoisotopic (exact) mass is 306 g/mol. The van der Waals surface area contributed by atoms with Crippen LogP contribution in [0.2, 0.25) is 0 Å². The topological polar surface area (TPSA) is 120 Å². The van der Waals surface area contributed by atoms with Gasteiger partial charge in [0.25, 0.3) is 10.0 Å². The van der Waals surface area contributed by atoms with Gasteiger partial charge in [-0.1, -0.05) is 6.58 Å². The maximum Gasteiger partial charge on any atom is 0.335 e. The first-order chi connectivity index (χ1) is 8.64. The number of carbonyl (C=O) groups excluding carboxylic acids is 1. The van der Waals surface area contributed by atoms with E-state index in [2.05, 4.69) is 16.3 Å². The molecule has 0 aliphatic heterocycles. The molecule has 0 fully saturated rings. The van der Waals surface area contributed by atoms with Crippen molar-refractivity contribution in [1.29, 1.82) is 0 Å². The molecule has 0 aromatic carbocycles. The quantitative estimate of drug-likeness (QED) is 0.570. The van der Waals surface area contributed by atoms with Crippen molar-refractivity contribution in [1.82, 2.24) is 9.11 Å². The first-order valence-electron chi connectivity index (χ1n) is 4.67. The minimum atomic E-state index is -4.30. The van der Waals surface area contributed by atoms with E-state index in [4.69, 9.17) is 0 Å². The van der Waals surface area contributed by atoms with Crippen LogP contribution >= 0.6 is 0 Å². The van der Waals surface area contributed by atoms with E-state index in [9.17, 15) is 21.6 Å². The van der Waals surface area contributed by atoms with Gasteiger partial charge in [0.05, 0.1) is 12.5 Å². The summed E-state index contributed by atoms with van der Waals surface area (Å²) in [6, 6.07) is 0.960. The van der Waals surface area contributed by atoms with Gasteiger partial charge >= 0.3 is 5.97 Å². The molecular formula is C9H10N2O6S2. The summed E-state index contributed by atoms with van der Waals surface area (Å²) in [5.74, 6) is -0.950. The van der Waals surface area contributed by atoms with Crippen molar-refractivity contribution in [3.05, 3.63) is 31.1 Å². The summed E-state index contributed by atoms with van der Waals surface area (Å²) in [4.78, 5) is 14.0. The molecule has 0 spiro atoms. The molecule has 104 valence electrons. The summed E-state index contributed by atoms with van der Waals surface area (Å²) < 4.78 is 51.3. The van der Waals surface area contributed by atoms with Crippen molar-refractivity contribution in [2.24, 2.45) is 0 Å². The zero-order valence-corrected chi connectivity index (χ0v) is 11.4. The molecule has 19 heavy (non-hydrogen) atoms. The standard InChI is InChI=1S/C9H10N2O6S2/c1-3-9(12)17-7-4-8(6-10-5-7)19(15,16)11-18(2,13)14/h3-6,11H,1H2,2H3. The van der Waals surface area contributed by atoms with Gasteiger partial charge in [-0.3, -0.25) is 4.98 Å². The van der Waals surface area contributed by atoms with Gasteiger partial charge in [-0.25, -0.2) is 21.6 Å². The molecular weight excluding hydrogens is 296 g/mol. The first kappa shape index (κ1) is 15.3. The SMILES string of the molecule is C=CC(=O)Oc1cncc(S(=O)(=O)NS(C)(=O)=O)c1. The van der Waals surface area contributed by atoms with Crippen molar-refractivity contribution in [3.8, 4) is 5.75 Å². The molecule has 0 aliphatic carbocycles. The summed E-state index contributed by atoms with van der Waals surface area (Å²) >= 11 is 0. The third kappa shape index (κ3) is 4.77. The lowest BCUT2D eigenvalue weighted by Gasteiger charge is -2.06. The molecule has 0 aliphatic rings. The highest BCUT2D eigenvalue weighted by Gasteiger charge is 2.20. The van der Waals surface area contributed by atoms with E-state index in [1.54, 1.807) is 0 Å². The molecule has 1 heterocycles. The number of ether oxygens (including phenoxy) is 1. The van der Waals surface area contributed by atoms with Crippen LogP contribution in [-0.4, -0.2) is 34.0 Å². The Labute approximate surface area is 110 Å². The number of aromatic nitrogens is 1. The average Bonchev–Trinajstić information content (AvgIpc) is 2.26. The van der Waals surface area contributed by atoms with Crippen LogP contribution in [-0.2, 0) is 24.8 Å². The Bertz CT molecular complexity index is 708. The van der Waals surface area contributed by atoms with Crippen LogP contribution in [0.5, 0.6) is 5.75 Å². The Morgan fingerprint density at radius 2 is 2.00 bits per heavy atom. The van der Waals surface area contributed by atoms with E-state index in [0.29, 0.717) is 6.26 Å². The van der Waals surface area contributed by atoms with E-state index in [-0.39, 0.29) is 5.75 Å². The van der Waals surface area contributed by atoms with Crippen molar-refractivity contribution in [3.63, 3.8) is 0 Å². The third-order valence-corrected chi connectivity index (χ3v) is 4.58. The lowest BCUT2D eigenvalue weighted by atomic mass is 10.4. The van der Waals surface area contributed by atoms with E-state index in [1.807, 2.05) is 0 Å². The number of carbonyl (C=O) groups is 1. The van der Waals surface area contributed by atoms with Crippen LogP contribution in [0.4, 0.5) is 0 Å². The molecule has 0 saturated heterocycles. The normalized spacial score (nSPS) is 11.8. The fraction of sp³-hybridized carbons (Fsp3) is 0.111. The lowest BCUT2D eigenvalue weighted by molar-refractivity contribution is -0.129. The fourth-order valence-corrected chi connectivity index (χ4v) is 3.46. The highest BCUT2D eigenvalue weighted by Crippen LogP contribution is 2.16. The predicted octanol–water partition coefficient (Wildman–Crippen LogP) is -0.589. The largest absolute Gasteiger partial charge is 0.422 e. The lowest BCUT2D eigenvalue weighted by Crippen LogP contribution is -2.29. The number of hydrogen-bond donors (Lipinski definition) is 1. The zero-order chi connectivity index (χ0) is 14.7. The van der Waals surface area contributed by atoms with E-state index < -0.39 is 30.9 Å². The summed E-state index contributed by atoms with van der Waals surface area (Å²) in [5, 5.41) is 0. The van der Waals surface area contributed by atoms with Crippen molar-refractivity contribution in [2.75, 3.05) is 6.26 Å². The minimum Gasteiger partial charge on any atom is -0.422 e. The Morgan fingerprint density at radius 3 is 2.53 bits per heavy atom. The van der Waals surface area contributed by atoms with Gasteiger partial charge < -0.3 is 4.74 Å². The maximum absolute atomic E-state index is 11.7. The van der Waals surface area contributed by atoms with Gasteiger partial charge in [0.2, 0.25) is 10.0 Å². The Kier molecular flexibility index (Phi) is 4.39. The second kappa shape index (κ2) is 5.47. The number of pyridine rings is 1. The minimum absolute atomic E-state index is 0.152. The van der Waals surface area contributed by atoms with Gasteiger partial charge in [-0.05, 0) is 0 Å². The van der Waals surface area contributed by atoms with Crippen LogP contribution in [0.1, 0.15) is 0 Å². The van der Waals surface area contributed by atoms with Gasteiger partial charge in [-0.2, -0.15) is 0 Å². The molecule has 1 rings (SSSR count). The molecule has 8 nitrogen and oxygen atoms in total. The average molecular weight is 306 g/mol. The third-order valence-electron chi connectivity index (χ3n) is 1.64. The summed E-state index contributed by atoms with van der Waals surface area (Å²) in [6.45, 7) is 3.17. The molecule has 1 aromatic rings. The van der Waals surface area contributed by atoms with Gasteiger partial charge in [0.15, 0.2) is 5.75 Å². The highest BCUT2D eigenvalue weighted by molar-refractivity contribution is 8.04. The first-order valence-corrected chi connectivity index (χ1v) is 8.04. The van der Waals surface area contributed by atoms with Crippen LogP contribution < -0.4 is 8.86 Å².